The van der Waals surface area contributed by atoms with Crippen molar-refractivity contribution in [1.82, 2.24) is 15.5 Å². The zero-order chi connectivity index (χ0) is 20.9. The second kappa shape index (κ2) is 9.48. The van der Waals surface area contributed by atoms with Gasteiger partial charge in [-0.25, -0.2) is 4.99 Å². The number of nitrogens with one attached hydrogen (secondary N) is 2. The van der Waals surface area contributed by atoms with Crippen LogP contribution in [-0.4, -0.2) is 63.3 Å². The third kappa shape index (κ3) is 4.83. The third-order valence-corrected chi connectivity index (χ3v) is 6.23. The molecule has 2 atom stereocenters. The van der Waals surface area contributed by atoms with Crippen LogP contribution in [0.2, 0.25) is 0 Å². The summed E-state index contributed by atoms with van der Waals surface area (Å²) in [5.74, 6) is 1.53. The van der Waals surface area contributed by atoms with E-state index in [4.69, 9.17) is 14.5 Å². The van der Waals surface area contributed by atoms with Gasteiger partial charge in [0.1, 0.15) is 5.75 Å². The van der Waals surface area contributed by atoms with Gasteiger partial charge in [-0.2, -0.15) is 0 Å². The molecule has 0 heterocycles. The molecule has 2 aliphatic rings. The Morgan fingerprint density at radius 2 is 2.00 bits per heavy atom. The Bertz CT molecular complexity index is 713. The van der Waals surface area contributed by atoms with Crippen molar-refractivity contribution in [2.24, 2.45) is 10.4 Å². The van der Waals surface area contributed by atoms with E-state index in [0.717, 1.165) is 24.3 Å². The molecule has 2 aliphatic carbocycles. The maximum atomic E-state index is 12.0. The first-order chi connectivity index (χ1) is 14.0. The second-order valence-corrected chi connectivity index (χ2v) is 8.12. The first-order valence-electron chi connectivity index (χ1n) is 10.5. The predicted molar refractivity (Wildman–Crippen MR) is 114 cm³/mol. The smallest absolute Gasteiger partial charge is 0.241 e. The molecule has 7 heteroatoms. The van der Waals surface area contributed by atoms with Crippen LogP contribution in [-0.2, 0) is 16.1 Å². The van der Waals surface area contributed by atoms with Gasteiger partial charge in [0.2, 0.25) is 5.91 Å². The van der Waals surface area contributed by atoms with Crippen LogP contribution in [0, 0.1) is 5.41 Å². The van der Waals surface area contributed by atoms with Gasteiger partial charge in [0.15, 0.2) is 5.96 Å². The van der Waals surface area contributed by atoms with Crippen LogP contribution < -0.4 is 15.4 Å². The number of hydrogen-bond acceptors (Lipinski definition) is 4. The minimum absolute atomic E-state index is 0.0168. The molecule has 0 aliphatic heterocycles. The van der Waals surface area contributed by atoms with Gasteiger partial charge in [0.25, 0.3) is 0 Å². The summed E-state index contributed by atoms with van der Waals surface area (Å²) in [6.07, 6.45) is 4.96. The summed E-state index contributed by atoms with van der Waals surface area (Å²) in [6, 6.07) is 8.22. The summed E-state index contributed by atoms with van der Waals surface area (Å²) in [5, 5.41) is 6.79. The van der Waals surface area contributed by atoms with E-state index in [-0.39, 0.29) is 17.9 Å². The van der Waals surface area contributed by atoms with E-state index >= 15 is 0 Å². The Morgan fingerprint density at radius 3 is 2.55 bits per heavy atom. The molecule has 1 aromatic rings. The highest BCUT2D eigenvalue weighted by Crippen LogP contribution is 2.57. The first kappa shape index (κ1) is 21.4. The van der Waals surface area contributed by atoms with Crippen molar-refractivity contribution in [1.29, 1.82) is 0 Å². The number of carbonyl (C=O) groups is 1. The highest BCUT2D eigenvalue weighted by atomic mass is 16.5. The van der Waals surface area contributed by atoms with E-state index in [1.54, 1.807) is 26.1 Å². The molecule has 2 saturated carbocycles. The fourth-order valence-corrected chi connectivity index (χ4v) is 4.18. The molecule has 160 valence electrons. The predicted octanol–water partition coefficient (Wildman–Crippen LogP) is 2.17. The van der Waals surface area contributed by atoms with E-state index in [2.05, 4.69) is 17.6 Å². The lowest BCUT2D eigenvalue weighted by Crippen LogP contribution is -2.68. The van der Waals surface area contributed by atoms with Crippen molar-refractivity contribution in [3.8, 4) is 5.75 Å². The maximum absolute atomic E-state index is 12.0. The summed E-state index contributed by atoms with van der Waals surface area (Å²) < 4.78 is 11.2. The van der Waals surface area contributed by atoms with Crippen molar-refractivity contribution in [3.63, 3.8) is 0 Å². The second-order valence-electron chi connectivity index (χ2n) is 8.12. The highest BCUT2D eigenvalue weighted by Gasteiger charge is 2.59. The Hall–Kier alpha value is -2.28. The van der Waals surface area contributed by atoms with Crippen LogP contribution in [0.5, 0.6) is 5.75 Å². The molecule has 0 aromatic heterocycles. The normalized spacial score (nSPS) is 22.4. The van der Waals surface area contributed by atoms with Gasteiger partial charge in [0.05, 0.1) is 26.3 Å². The minimum atomic E-state index is 0.0168. The zero-order valence-corrected chi connectivity index (χ0v) is 18.0. The van der Waals surface area contributed by atoms with Gasteiger partial charge in [-0.1, -0.05) is 18.6 Å². The molecular weight excluding hydrogens is 368 g/mol. The highest BCUT2D eigenvalue weighted by molar-refractivity contribution is 5.86. The lowest BCUT2D eigenvalue weighted by atomic mass is 9.51. The van der Waals surface area contributed by atoms with Gasteiger partial charge in [-0.15, -0.1) is 0 Å². The van der Waals surface area contributed by atoms with Crippen molar-refractivity contribution >= 4 is 11.9 Å². The number of benzene rings is 1. The molecule has 29 heavy (non-hydrogen) atoms. The molecule has 1 aromatic carbocycles. The van der Waals surface area contributed by atoms with Crippen molar-refractivity contribution in [3.05, 3.63) is 29.8 Å². The van der Waals surface area contributed by atoms with Crippen LogP contribution in [0.4, 0.5) is 0 Å². The third-order valence-electron chi connectivity index (χ3n) is 6.23. The van der Waals surface area contributed by atoms with Gasteiger partial charge in [-0.05, 0) is 43.9 Å². The number of aliphatic imine (C=N–C) groups is 1. The number of rotatable bonds is 8. The molecule has 0 bridgehead atoms. The molecule has 3 rings (SSSR count). The number of nitrogens with zero attached hydrogens (tertiary/aromatic N) is 2. The quantitative estimate of drug-likeness (QED) is 0.515. The molecule has 2 unspecified atom stereocenters. The largest absolute Gasteiger partial charge is 0.497 e. The number of carbonyl (C=O) groups excluding carboxylic acids is 1. The fraction of sp³-hybridized carbons (Fsp3) is 0.636. The molecule has 0 radical (unpaired) electrons. The van der Waals surface area contributed by atoms with E-state index in [9.17, 15) is 4.79 Å². The number of ether oxygens (including phenoxy) is 2. The maximum Gasteiger partial charge on any atom is 0.241 e. The molecule has 7 nitrogen and oxygen atoms in total. The van der Waals surface area contributed by atoms with Crippen LogP contribution in [0.15, 0.2) is 29.3 Å². The van der Waals surface area contributed by atoms with Crippen LogP contribution >= 0.6 is 0 Å². The Morgan fingerprint density at radius 1 is 1.28 bits per heavy atom. The van der Waals surface area contributed by atoms with Gasteiger partial charge in [-0.3, -0.25) is 4.79 Å². The van der Waals surface area contributed by atoms with Crippen LogP contribution in [0.1, 0.15) is 38.2 Å². The summed E-state index contributed by atoms with van der Waals surface area (Å²) in [7, 11) is 5.17. The molecular formula is C22H34N4O3. The minimum Gasteiger partial charge on any atom is -0.497 e. The fourth-order valence-electron chi connectivity index (χ4n) is 4.18. The lowest BCUT2D eigenvalue weighted by Gasteiger charge is -2.61. The van der Waals surface area contributed by atoms with E-state index in [1.165, 1.54) is 19.3 Å². The standard InChI is InChI=1S/C22H34N4O3/c1-5-29-19-13-18(22(19)11-6-12-22)25-21(24-15-20(27)26(2)3)23-14-16-7-9-17(28-4)10-8-16/h7-10,18-19H,5-6,11-15H2,1-4H3,(H2,23,24,25). The average molecular weight is 403 g/mol. The Kier molecular flexibility index (Phi) is 7.00. The average Bonchev–Trinajstić information content (AvgIpc) is 2.67. The SMILES string of the molecule is CCOC1CC(NC(=NCc2ccc(OC)cc2)NCC(=O)N(C)C)C12CCC2. The van der Waals surface area contributed by atoms with Gasteiger partial charge < -0.3 is 25.0 Å². The molecule has 1 spiro atoms. The van der Waals surface area contributed by atoms with Crippen molar-refractivity contribution in [2.75, 3.05) is 34.4 Å². The first-order valence-corrected chi connectivity index (χ1v) is 10.5. The van der Waals surface area contributed by atoms with Crippen molar-refractivity contribution in [2.45, 2.75) is 51.3 Å². The number of guanidine groups is 1. The number of likely N-dealkylation sites (N-methyl/N-ethyl adjacent to an activating group) is 1. The topological polar surface area (TPSA) is 75.2 Å². The van der Waals surface area contributed by atoms with E-state index in [1.807, 2.05) is 24.3 Å². The Balaban J connectivity index is 1.66. The van der Waals surface area contributed by atoms with Crippen LogP contribution in [0.3, 0.4) is 0 Å². The van der Waals surface area contributed by atoms with Gasteiger partial charge >= 0.3 is 0 Å². The van der Waals surface area contributed by atoms with Crippen molar-refractivity contribution < 1.29 is 14.3 Å². The summed E-state index contributed by atoms with van der Waals surface area (Å²) in [5.41, 5.74) is 1.31. The lowest BCUT2D eigenvalue weighted by molar-refractivity contribution is -0.168. The Labute approximate surface area is 173 Å². The van der Waals surface area contributed by atoms with Gasteiger partial charge in [0, 0.05) is 32.2 Å². The number of methoxy groups -OCH3 is 1. The van der Waals surface area contributed by atoms with E-state index < -0.39 is 0 Å². The monoisotopic (exact) mass is 402 g/mol. The molecule has 2 N–H and O–H groups in total. The number of amides is 1. The summed E-state index contributed by atoms with van der Waals surface area (Å²) >= 11 is 0. The molecule has 1 amide bonds. The molecule has 0 saturated heterocycles. The van der Waals surface area contributed by atoms with Crippen LogP contribution in [0.25, 0.3) is 0 Å². The summed E-state index contributed by atoms with van der Waals surface area (Å²) in [4.78, 5) is 18.4. The summed E-state index contributed by atoms with van der Waals surface area (Å²) in [6.45, 7) is 3.57. The number of hydrogen-bond donors (Lipinski definition) is 2. The van der Waals surface area contributed by atoms with E-state index in [0.29, 0.717) is 24.7 Å². The molecule has 2 fully saturated rings. The zero-order valence-electron chi connectivity index (χ0n) is 18.0.